The lowest BCUT2D eigenvalue weighted by Crippen LogP contribution is -2.35. The van der Waals surface area contributed by atoms with Crippen LogP contribution in [0.2, 0.25) is 0 Å². The van der Waals surface area contributed by atoms with E-state index in [4.69, 9.17) is 4.74 Å². The molecule has 0 spiro atoms. The molecule has 1 amide bonds. The molecular formula is C23H24FN3O3. The van der Waals surface area contributed by atoms with Crippen LogP contribution in [0.1, 0.15) is 37.0 Å². The zero-order valence-electron chi connectivity index (χ0n) is 17.0. The van der Waals surface area contributed by atoms with Crippen LogP contribution in [-0.2, 0) is 9.53 Å². The van der Waals surface area contributed by atoms with E-state index < -0.39 is 5.97 Å². The van der Waals surface area contributed by atoms with Crippen molar-refractivity contribution in [2.75, 3.05) is 6.61 Å². The lowest BCUT2D eigenvalue weighted by molar-refractivity contribution is -0.124. The molecule has 0 saturated heterocycles. The minimum Gasteiger partial charge on any atom is -0.452 e. The van der Waals surface area contributed by atoms with Gasteiger partial charge in [0.15, 0.2) is 6.61 Å². The number of para-hydroxylation sites is 1. The largest absolute Gasteiger partial charge is 0.452 e. The Bertz CT molecular complexity index is 1000. The standard InChI is InChI=1S/C23H24FN3O3/c1-3-7-16(2)25-21(28)15-30-23(29)20-14-27(19-8-5-4-6-9-19)26-22(20)17-10-12-18(24)13-11-17/h4-6,8-14,16H,3,7,15H2,1-2H3,(H,25,28). The number of aromatic nitrogens is 2. The number of carbonyl (C=O) groups excluding carboxylic acids is 2. The summed E-state index contributed by atoms with van der Waals surface area (Å²) in [5, 5.41) is 7.29. The maximum absolute atomic E-state index is 13.3. The molecule has 1 aromatic heterocycles. The Morgan fingerprint density at radius 1 is 1.13 bits per heavy atom. The lowest BCUT2D eigenvalue weighted by Gasteiger charge is -2.12. The van der Waals surface area contributed by atoms with Gasteiger partial charge >= 0.3 is 5.97 Å². The molecule has 0 bridgehead atoms. The molecule has 30 heavy (non-hydrogen) atoms. The van der Waals surface area contributed by atoms with Crippen molar-refractivity contribution in [2.45, 2.75) is 32.7 Å². The van der Waals surface area contributed by atoms with Gasteiger partial charge in [0.05, 0.1) is 5.69 Å². The highest BCUT2D eigenvalue weighted by molar-refractivity contribution is 5.97. The summed E-state index contributed by atoms with van der Waals surface area (Å²) in [7, 11) is 0. The van der Waals surface area contributed by atoms with Crippen molar-refractivity contribution in [3.8, 4) is 16.9 Å². The Kier molecular flexibility index (Phi) is 6.95. The number of amides is 1. The Balaban J connectivity index is 1.83. The molecule has 156 valence electrons. The highest BCUT2D eigenvalue weighted by Crippen LogP contribution is 2.25. The molecular weight excluding hydrogens is 385 g/mol. The van der Waals surface area contributed by atoms with E-state index in [9.17, 15) is 14.0 Å². The van der Waals surface area contributed by atoms with E-state index in [0.717, 1.165) is 18.5 Å². The average molecular weight is 409 g/mol. The van der Waals surface area contributed by atoms with Gasteiger partial charge in [-0.1, -0.05) is 31.5 Å². The summed E-state index contributed by atoms with van der Waals surface area (Å²) in [5.41, 5.74) is 1.87. The van der Waals surface area contributed by atoms with Crippen molar-refractivity contribution in [3.63, 3.8) is 0 Å². The van der Waals surface area contributed by atoms with E-state index >= 15 is 0 Å². The third kappa shape index (κ3) is 5.31. The van der Waals surface area contributed by atoms with Crippen LogP contribution in [-0.4, -0.2) is 34.3 Å². The number of ether oxygens (including phenoxy) is 1. The molecule has 0 aliphatic heterocycles. The molecule has 1 unspecified atom stereocenters. The summed E-state index contributed by atoms with van der Waals surface area (Å²) in [6.45, 7) is 3.55. The highest BCUT2D eigenvalue weighted by atomic mass is 19.1. The molecule has 1 N–H and O–H groups in total. The molecule has 0 aliphatic carbocycles. The molecule has 1 heterocycles. The van der Waals surface area contributed by atoms with Crippen molar-refractivity contribution in [1.29, 1.82) is 0 Å². The summed E-state index contributed by atoms with van der Waals surface area (Å²) in [4.78, 5) is 24.8. The van der Waals surface area contributed by atoms with Crippen LogP contribution in [0.25, 0.3) is 16.9 Å². The normalized spacial score (nSPS) is 11.7. The first-order valence-corrected chi connectivity index (χ1v) is 9.85. The van der Waals surface area contributed by atoms with Crippen LogP contribution in [0.4, 0.5) is 4.39 Å². The number of esters is 1. The summed E-state index contributed by atoms with van der Waals surface area (Å²) in [6, 6.07) is 15.0. The van der Waals surface area contributed by atoms with Crippen LogP contribution in [0.15, 0.2) is 60.8 Å². The van der Waals surface area contributed by atoms with Gasteiger partial charge in [0.25, 0.3) is 5.91 Å². The fraction of sp³-hybridized carbons (Fsp3) is 0.261. The summed E-state index contributed by atoms with van der Waals surface area (Å²) in [5.74, 6) is -1.42. The Morgan fingerprint density at radius 2 is 1.83 bits per heavy atom. The monoisotopic (exact) mass is 409 g/mol. The van der Waals surface area contributed by atoms with E-state index in [1.54, 1.807) is 23.0 Å². The van der Waals surface area contributed by atoms with E-state index in [-0.39, 0.29) is 29.9 Å². The van der Waals surface area contributed by atoms with Crippen molar-refractivity contribution in [2.24, 2.45) is 0 Å². The Labute approximate surface area is 174 Å². The lowest BCUT2D eigenvalue weighted by atomic mass is 10.1. The first-order valence-electron chi connectivity index (χ1n) is 9.85. The maximum atomic E-state index is 13.3. The maximum Gasteiger partial charge on any atom is 0.342 e. The van der Waals surface area contributed by atoms with Gasteiger partial charge in [0.1, 0.15) is 17.1 Å². The highest BCUT2D eigenvalue weighted by Gasteiger charge is 2.21. The summed E-state index contributed by atoms with van der Waals surface area (Å²) < 4.78 is 20.1. The number of hydrogen-bond donors (Lipinski definition) is 1. The van der Waals surface area contributed by atoms with Gasteiger partial charge in [-0.25, -0.2) is 13.9 Å². The van der Waals surface area contributed by atoms with Crippen LogP contribution < -0.4 is 5.32 Å². The molecule has 3 aromatic rings. The number of halogens is 1. The molecule has 3 rings (SSSR count). The fourth-order valence-corrected chi connectivity index (χ4v) is 3.09. The minimum absolute atomic E-state index is 0.0109. The van der Waals surface area contributed by atoms with Gasteiger partial charge in [0, 0.05) is 17.8 Å². The van der Waals surface area contributed by atoms with E-state index in [2.05, 4.69) is 10.4 Å². The second-order valence-corrected chi connectivity index (χ2v) is 7.01. The number of rotatable bonds is 8. The third-order valence-electron chi connectivity index (χ3n) is 4.54. The molecule has 1 atom stereocenters. The number of nitrogens with zero attached hydrogens (tertiary/aromatic N) is 2. The van der Waals surface area contributed by atoms with E-state index in [1.165, 1.54) is 12.1 Å². The van der Waals surface area contributed by atoms with Crippen LogP contribution in [0.3, 0.4) is 0 Å². The van der Waals surface area contributed by atoms with Gasteiger partial charge in [-0.3, -0.25) is 4.79 Å². The first-order chi connectivity index (χ1) is 14.5. The molecule has 0 aliphatic rings. The second kappa shape index (κ2) is 9.82. The third-order valence-corrected chi connectivity index (χ3v) is 4.54. The van der Waals surface area contributed by atoms with Crippen molar-refractivity contribution in [3.05, 3.63) is 72.2 Å². The number of benzene rings is 2. The van der Waals surface area contributed by atoms with Crippen LogP contribution >= 0.6 is 0 Å². The quantitative estimate of drug-likeness (QED) is 0.568. The van der Waals surface area contributed by atoms with Gasteiger partial charge in [-0.05, 0) is 49.7 Å². The molecule has 2 aromatic carbocycles. The summed E-state index contributed by atoms with van der Waals surface area (Å²) in [6.07, 6.45) is 3.34. The van der Waals surface area contributed by atoms with E-state index in [0.29, 0.717) is 11.3 Å². The SMILES string of the molecule is CCCC(C)NC(=O)COC(=O)c1cn(-c2ccccc2)nc1-c1ccc(F)cc1. The van der Waals surface area contributed by atoms with Crippen LogP contribution in [0.5, 0.6) is 0 Å². The topological polar surface area (TPSA) is 73.2 Å². The number of nitrogens with one attached hydrogen (secondary N) is 1. The van der Waals surface area contributed by atoms with Crippen molar-refractivity contribution < 1.29 is 18.7 Å². The molecule has 0 radical (unpaired) electrons. The van der Waals surface area contributed by atoms with Crippen molar-refractivity contribution in [1.82, 2.24) is 15.1 Å². The molecule has 7 heteroatoms. The second-order valence-electron chi connectivity index (χ2n) is 7.01. The summed E-state index contributed by atoms with van der Waals surface area (Å²) >= 11 is 0. The number of hydrogen-bond acceptors (Lipinski definition) is 4. The Hall–Kier alpha value is -3.48. The molecule has 0 saturated carbocycles. The number of carbonyl (C=O) groups is 2. The van der Waals surface area contributed by atoms with Gasteiger partial charge in [-0.2, -0.15) is 5.10 Å². The van der Waals surface area contributed by atoms with Gasteiger partial charge < -0.3 is 10.1 Å². The Morgan fingerprint density at radius 3 is 2.50 bits per heavy atom. The smallest absolute Gasteiger partial charge is 0.342 e. The first kappa shape index (κ1) is 21.2. The average Bonchev–Trinajstić information content (AvgIpc) is 3.19. The zero-order chi connectivity index (χ0) is 21.5. The van der Waals surface area contributed by atoms with Crippen molar-refractivity contribution >= 4 is 11.9 Å². The zero-order valence-corrected chi connectivity index (χ0v) is 17.0. The van der Waals surface area contributed by atoms with Gasteiger partial charge in [-0.15, -0.1) is 0 Å². The molecule has 0 fully saturated rings. The van der Waals surface area contributed by atoms with Gasteiger partial charge in [0.2, 0.25) is 0 Å². The predicted octanol–water partition coefficient (Wildman–Crippen LogP) is 4.14. The van der Waals surface area contributed by atoms with Crippen LogP contribution in [0, 0.1) is 5.82 Å². The van der Waals surface area contributed by atoms with E-state index in [1.807, 2.05) is 44.2 Å². The molecule has 6 nitrogen and oxygen atoms in total. The minimum atomic E-state index is -0.671. The fourth-order valence-electron chi connectivity index (χ4n) is 3.09. The predicted molar refractivity (Wildman–Crippen MR) is 112 cm³/mol.